The van der Waals surface area contributed by atoms with Gasteiger partial charge in [-0.05, 0) is 53.1 Å². The van der Waals surface area contributed by atoms with Crippen molar-refractivity contribution in [1.29, 1.82) is 0 Å². The van der Waals surface area contributed by atoms with Crippen molar-refractivity contribution < 1.29 is 0 Å². The highest BCUT2D eigenvalue weighted by Gasteiger charge is 2.49. The molecule has 1 aliphatic carbocycles. The molecule has 1 heterocycles. The Morgan fingerprint density at radius 3 is 2.79 bits per heavy atom. The SMILES string of the molecule is CCNC(Cc1csc2ccccc12)C1CC1(C)C. The Morgan fingerprint density at radius 1 is 1.37 bits per heavy atom. The largest absolute Gasteiger partial charge is 0.314 e. The number of likely N-dealkylation sites (N-methyl/N-ethyl adjacent to an activating group) is 1. The molecule has 1 aromatic heterocycles. The van der Waals surface area contributed by atoms with Crippen LogP contribution in [0.5, 0.6) is 0 Å². The summed E-state index contributed by atoms with van der Waals surface area (Å²) in [7, 11) is 0. The minimum absolute atomic E-state index is 0.540. The number of fused-ring (bicyclic) bond motifs is 1. The van der Waals surface area contributed by atoms with E-state index in [0.29, 0.717) is 11.5 Å². The van der Waals surface area contributed by atoms with Gasteiger partial charge >= 0.3 is 0 Å². The summed E-state index contributed by atoms with van der Waals surface area (Å²) in [6.07, 6.45) is 2.54. The van der Waals surface area contributed by atoms with Gasteiger partial charge in [0.25, 0.3) is 0 Å². The van der Waals surface area contributed by atoms with Gasteiger partial charge in [0.15, 0.2) is 0 Å². The third-order valence-electron chi connectivity index (χ3n) is 4.54. The van der Waals surface area contributed by atoms with Gasteiger partial charge < -0.3 is 5.32 Å². The van der Waals surface area contributed by atoms with Crippen LogP contribution in [-0.4, -0.2) is 12.6 Å². The van der Waals surface area contributed by atoms with E-state index in [2.05, 4.69) is 55.7 Å². The number of nitrogens with one attached hydrogen (secondary N) is 1. The highest BCUT2D eigenvalue weighted by atomic mass is 32.1. The third kappa shape index (κ3) is 2.56. The molecular formula is C17H23NS. The second-order valence-corrected chi connectivity index (χ2v) is 7.34. The van der Waals surface area contributed by atoms with Crippen LogP contribution in [0.25, 0.3) is 10.1 Å². The normalized spacial score (nSPS) is 22.6. The van der Waals surface area contributed by atoms with E-state index in [9.17, 15) is 0 Å². The molecule has 0 bridgehead atoms. The fourth-order valence-electron chi connectivity index (χ4n) is 3.24. The van der Waals surface area contributed by atoms with E-state index in [1.54, 1.807) is 0 Å². The van der Waals surface area contributed by atoms with E-state index in [-0.39, 0.29) is 0 Å². The smallest absolute Gasteiger partial charge is 0.0345 e. The molecule has 0 amide bonds. The van der Waals surface area contributed by atoms with Crippen LogP contribution in [0, 0.1) is 11.3 Å². The molecule has 0 spiro atoms. The first kappa shape index (κ1) is 13.1. The van der Waals surface area contributed by atoms with Gasteiger partial charge in [-0.2, -0.15) is 0 Å². The van der Waals surface area contributed by atoms with Gasteiger partial charge in [0, 0.05) is 10.7 Å². The zero-order valence-electron chi connectivity index (χ0n) is 12.1. The zero-order chi connectivity index (χ0) is 13.5. The molecule has 102 valence electrons. The lowest BCUT2D eigenvalue weighted by molar-refractivity contribution is 0.410. The van der Waals surface area contributed by atoms with Crippen LogP contribution in [0.4, 0.5) is 0 Å². The number of rotatable bonds is 5. The molecule has 0 aliphatic heterocycles. The standard InChI is InChI=1S/C17H23NS/c1-4-18-15(14-10-17(14,2)3)9-12-11-19-16-8-6-5-7-13(12)16/h5-8,11,14-15,18H,4,9-10H2,1-3H3. The second kappa shape index (κ2) is 4.92. The molecule has 1 fully saturated rings. The van der Waals surface area contributed by atoms with Crippen LogP contribution >= 0.6 is 11.3 Å². The fraction of sp³-hybridized carbons (Fsp3) is 0.529. The Kier molecular flexibility index (Phi) is 3.40. The second-order valence-electron chi connectivity index (χ2n) is 6.42. The van der Waals surface area contributed by atoms with Crippen LogP contribution in [0.2, 0.25) is 0 Å². The highest BCUT2D eigenvalue weighted by molar-refractivity contribution is 7.17. The molecule has 0 radical (unpaired) electrons. The lowest BCUT2D eigenvalue weighted by Crippen LogP contribution is -2.34. The Balaban J connectivity index is 1.82. The van der Waals surface area contributed by atoms with Crippen LogP contribution in [0.15, 0.2) is 29.6 Å². The van der Waals surface area contributed by atoms with Gasteiger partial charge in [0.2, 0.25) is 0 Å². The summed E-state index contributed by atoms with van der Waals surface area (Å²) >= 11 is 1.88. The van der Waals surface area contributed by atoms with Gasteiger partial charge in [0.1, 0.15) is 0 Å². The van der Waals surface area contributed by atoms with Crippen molar-refractivity contribution in [2.75, 3.05) is 6.54 Å². The van der Waals surface area contributed by atoms with E-state index in [1.807, 2.05) is 11.3 Å². The molecule has 2 unspecified atom stereocenters. The Hall–Kier alpha value is -0.860. The number of benzene rings is 1. The zero-order valence-corrected chi connectivity index (χ0v) is 12.9. The van der Waals surface area contributed by atoms with Crippen molar-refractivity contribution in [2.24, 2.45) is 11.3 Å². The molecule has 1 nitrogen and oxygen atoms in total. The first-order chi connectivity index (χ1) is 9.12. The molecule has 2 heteroatoms. The van der Waals surface area contributed by atoms with Crippen LogP contribution in [0.3, 0.4) is 0 Å². The maximum absolute atomic E-state index is 3.71. The average Bonchev–Trinajstić information content (AvgIpc) is 2.84. The molecule has 2 atom stereocenters. The molecule has 2 aromatic rings. The minimum Gasteiger partial charge on any atom is -0.314 e. The molecule has 1 saturated carbocycles. The lowest BCUT2D eigenvalue weighted by atomic mass is 9.97. The van der Waals surface area contributed by atoms with Gasteiger partial charge in [0.05, 0.1) is 0 Å². The van der Waals surface area contributed by atoms with Gasteiger partial charge in [-0.3, -0.25) is 0 Å². The molecule has 1 N–H and O–H groups in total. The monoisotopic (exact) mass is 273 g/mol. The topological polar surface area (TPSA) is 12.0 Å². The van der Waals surface area contributed by atoms with Gasteiger partial charge in [-0.1, -0.05) is 39.0 Å². The average molecular weight is 273 g/mol. The molecule has 1 aliphatic rings. The van der Waals surface area contributed by atoms with Crippen molar-refractivity contribution in [3.8, 4) is 0 Å². The number of hydrogen-bond acceptors (Lipinski definition) is 2. The first-order valence-corrected chi connectivity index (χ1v) is 8.18. The Labute approximate surface area is 120 Å². The summed E-state index contributed by atoms with van der Waals surface area (Å²) in [5.41, 5.74) is 2.06. The maximum Gasteiger partial charge on any atom is 0.0345 e. The summed E-state index contributed by atoms with van der Waals surface area (Å²) in [6, 6.07) is 9.42. The quantitative estimate of drug-likeness (QED) is 0.847. The van der Waals surface area contributed by atoms with Gasteiger partial charge in [-0.15, -0.1) is 11.3 Å². The fourth-order valence-corrected chi connectivity index (χ4v) is 4.22. The van der Waals surface area contributed by atoms with Crippen molar-refractivity contribution in [3.63, 3.8) is 0 Å². The molecule has 19 heavy (non-hydrogen) atoms. The predicted molar refractivity (Wildman–Crippen MR) is 84.9 cm³/mol. The Morgan fingerprint density at radius 2 is 2.11 bits per heavy atom. The van der Waals surface area contributed by atoms with E-state index >= 15 is 0 Å². The highest BCUT2D eigenvalue weighted by Crippen LogP contribution is 2.54. The van der Waals surface area contributed by atoms with Crippen molar-refractivity contribution in [3.05, 3.63) is 35.2 Å². The van der Waals surface area contributed by atoms with Crippen molar-refractivity contribution in [2.45, 2.75) is 39.7 Å². The lowest BCUT2D eigenvalue weighted by Gasteiger charge is -2.19. The van der Waals surface area contributed by atoms with Crippen LogP contribution in [0.1, 0.15) is 32.8 Å². The van der Waals surface area contributed by atoms with Gasteiger partial charge in [-0.25, -0.2) is 0 Å². The number of thiophene rings is 1. The minimum atomic E-state index is 0.540. The predicted octanol–water partition coefficient (Wildman–Crippen LogP) is 4.47. The molecular weight excluding hydrogens is 250 g/mol. The van der Waals surface area contributed by atoms with Crippen LogP contribution < -0.4 is 5.32 Å². The van der Waals surface area contributed by atoms with E-state index in [4.69, 9.17) is 0 Å². The summed E-state index contributed by atoms with van der Waals surface area (Å²) in [5, 5.41) is 7.51. The van der Waals surface area contributed by atoms with Crippen molar-refractivity contribution in [1.82, 2.24) is 5.32 Å². The third-order valence-corrected chi connectivity index (χ3v) is 5.55. The first-order valence-electron chi connectivity index (χ1n) is 7.30. The molecule has 1 aromatic carbocycles. The summed E-state index contributed by atoms with van der Waals surface area (Å²) in [6.45, 7) is 8.08. The summed E-state index contributed by atoms with van der Waals surface area (Å²) in [4.78, 5) is 0. The van der Waals surface area contributed by atoms with Crippen molar-refractivity contribution >= 4 is 21.4 Å². The molecule has 3 rings (SSSR count). The van der Waals surface area contributed by atoms with E-state index < -0.39 is 0 Å². The summed E-state index contributed by atoms with van der Waals surface area (Å²) < 4.78 is 1.42. The number of hydrogen-bond donors (Lipinski definition) is 1. The maximum atomic E-state index is 3.71. The van der Waals surface area contributed by atoms with Crippen LogP contribution in [-0.2, 0) is 6.42 Å². The van der Waals surface area contributed by atoms with E-state index in [1.165, 1.54) is 28.5 Å². The van der Waals surface area contributed by atoms with E-state index in [0.717, 1.165) is 12.5 Å². The summed E-state index contributed by atoms with van der Waals surface area (Å²) in [5.74, 6) is 0.839. The molecule has 0 saturated heterocycles. The Bertz CT molecular complexity index is 569.